The lowest BCUT2D eigenvalue weighted by atomic mass is 9.96. The van der Waals surface area contributed by atoms with E-state index in [1.54, 1.807) is 21.3 Å². The molecule has 0 saturated heterocycles. The van der Waals surface area contributed by atoms with Crippen molar-refractivity contribution in [3.63, 3.8) is 0 Å². The predicted octanol–water partition coefficient (Wildman–Crippen LogP) is 2.62. The minimum Gasteiger partial charge on any atom is -0.497 e. The number of methoxy groups -OCH3 is 3. The number of nitrogens with one attached hydrogen (secondary N) is 1. The van der Waals surface area contributed by atoms with Crippen LogP contribution in [0.25, 0.3) is 0 Å². The summed E-state index contributed by atoms with van der Waals surface area (Å²) in [6.07, 6.45) is 1.32. The van der Waals surface area contributed by atoms with E-state index in [1.165, 1.54) is 0 Å². The number of fused-ring (bicyclic) bond motifs is 1. The van der Waals surface area contributed by atoms with E-state index in [0.29, 0.717) is 37.5 Å². The lowest BCUT2D eigenvalue weighted by Crippen LogP contribution is -2.38. The highest BCUT2D eigenvalue weighted by Crippen LogP contribution is 2.32. The van der Waals surface area contributed by atoms with Gasteiger partial charge >= 0.3 is 0 Å². The normalized spacial score (nSPS) is 15.3. The number of carbonyl (C=O) groups is 1. The van der Waals surface area contributed by atoms with Crippen molar-refractivity contribution in [3.05, 3.63) is 47.5 Å². The van der Waals surface area contributed by atoms with E-state index < -0.39 is 0 Å². The first-order valence-corrected chi connectivity index (χ1v) is 8.93. The summed E-state index contributed by atoms with van der Waals surface area (Å²) in [7, 11) is 4.85. The summed E-state index contributed by atoms with van der Waals surface area (Å²) in [4.78, 5) is 12.5. The van der Waals surface area contributed by atoms with Crippen LogP contribution in [0.1, 0.15) is 11.1 Å². The van der Waals surface area contributed by atoms with Crippen molar-refractivity contribution < 1.29 is 23.7 Å². The summed E-state index contributed by atoms with van der Waals surface area (Å²) in [5.41, 5.74) is 2.02. The Balaban J connectivity index is 1.56. The molecule has 2 aromatic rings. The van der Waals surface area contributed by atoms with Gasteiger partial charge in [-0.1, -0.05) is 18.2 Å². The van der Waals surface area contributed by atoms with E-state index in [4.69, 9.17) is 18.9 Å². The number of amides is 1. The van der Waals surface area contributed by atoms with Crippen LogP contribution in [-0.2, 0) is 17.6 Å². The van der Waals surface area contributed by atoms with Gasteiger partial charge in [0.25, 0.3) is 0 Å². The molecule has 0 unspecified atom stereocenters. The van der Waals surface area contributed by atoms with Gasteiger partial charge in [-0.15, -0.1) is 0 Å². The van der Waals surface area contributed by atoms with Crippen LogP contribution in [-0.4, -0.2) is 40.4 Å². The van der Waals surface area contributed by atoms with Gasteiger partial charge in [-0.05, 0) is 36.1 Å². The van der Waals surface area contributed by atoms with Crippen molar-refractivity contribution in [1.29, 1.82) is 0 Å². The van der Waals surface area contributed by atoms with E-state index in [0.717, 1.165) is 22.6 Å². The van der Waals surface area contributed by atoms with Gasteiger partial charge in [0, 0.05) is 12.6 Å². The summed E-state index contributed by atoms with van der Waals surface area (Å²) in [6, 6.07) is 11.4. The number of rotatable bonds is 7. The first-order valence-electron chi connectivity index (χ1n) is 8.93. The van der Waals surface area contributed by atoms with Crippen molar-refractivity contribution in [2.45, 2.75) is 12.8 Å². The average Bonchev–Trinajstić information content (AvgIpc) is 2.72. The van der Waals surface area contributed by atoms with E-state index in [-0.39, 0.29) is 11.8 Å². The molecule has 0 saturated carbocycles. The molecule has 1 aliphatic heterocycles. The van der Waals surface area contributed by atoms with Crippen LogP contribution >= 0.6 is 0 Å². The summed E-state index contributed by atoms with van der Waals surface area (Å²) in [5, 5.41) is 3.00. The van der Waals surface area contributed by atoms with E-state index >= 15 is 0 Å². The van der Waals surface area contributed by atoms with Crippen molar-refractivity contribution in [2.75, 3.05) is 34.5 Å². The van der Waals surface area contributed by atoms with Crippen molar-refractivity contribution in [2.24, 2.45) is 5.92 Å². The molecule has 1 atom stereocenters. The minimum absolute atomic E-state index is 0.00155. The average molecular weight is 371 g/mol. The smallest absolute Gasteiger partial charge is 0.226 e. The third-order valence-electron chi connectivity index (χ3n) is 4.73. The number of benzene rings is 2. The number of carbonyl (C=O) groups excluding carboxylic acids is 1. The summed E-state index contributed by atoms with van der Waals surface area (Å²) < 4.78 is 21.7. The molecule has 1 N–H and O–H groups in total. The van der Waals surface area contributed by atoms with Crippen molar-refractivity contribution in [3.8, 4) is 23.0 Å². The summed E-state index contributed by atoms with van der Waals surface area (Å²) in [6.45, 7) is 0.892. The van der Waals surface area contributed by atoms with Gasteiger partial charge in [0.15, 0.2) is 11.5 Å². The highest BCUT2D eigenvalue weighted by atomic mass is 16.5. The first-order chi connectivity index (χ1) is 13.2. The molecule has 1 heterocycles. The van der Waals surface area contributed by atoms with E-state index in [2.05, 4.69) is 5.32 Å². The van der Waals surface area contributed by atoms with Crippen LogP contribution in [0, 0.1) is 5.92 Å². The van der Waals surface area contributed by atoms with Gasteiger partial charge in [0.2, 0.25) is 5.91 Å². The maximum atomic E-state index is 12.5. The molecule has 1 aliphatic rings. The lowest BCUT2D eigenvalue weighted by molar-refractivity contribution is -0.126. The maximum Gasteiger partial charge on any atom is 0.226 e. The third kappa shape index (κ3) is 4.27. The second-order valence-corrected chi connectivity index (χ2v) is 6.38. The monoisotopic (exact) mass is 371 g/mol. The van der Waals surface area contributed by atoms with Crippen LogP contribution in [0.3, 0.4) is 0 Å². The molecule has 3 rings (SSSR count). The Hall–Kier alpha value is -2.89. The topological polar surface area (TPSA) is 66.0 Å². The standard InChI is InChI=1S/C21H25NO5/c1-24-17-8-7-15-11-16(13-27-19(15)12-17)21(23)22-10-9-14-5-4-6-18(25-2)20(14)26-3/h4-8,12,16H,9-11,13H2,1-3H3,(H,22,23)/t16-/m0/s1. The molecule has 0 bridgehead atoms. The molecule has 0 aliphatic carbocycles. The Morgan fingerprint density at radius 2 is 2.00 bits per heavy atom. The molecule has 2 aromatic carbocycles. The molecule has 6 heteroatoms. The number of hydrogen-bond donors (Lipinski definition) is 1. The van der Waals surface area contributed by atoms with Crippen LogP contribution in [0.5, 0.6) is 23.0 Å². The predicted molar refractivity (Wildman–Crippen MR) is 102 cm³/mol. The quantitative estimate of drug-likeness (QED) is 0.811. The Kier molecular flexibility index (Phi) is 6.06. The zero-order valence-corrected chi connectivity index (χ0v) is 15.9. The molecule has 0 fully saturated rings. The second-order valence-electron chi connectivity index (χ2n) is 6.38. The molecule has 0 spiro atoms. The van der Waals surface area contributed by atoms with Crippen LogP contribution in [0.15, 0.2) is 36.4 Å². The molecule has 1 amide bonds. The molecule has 144 valence electrons. The number of hydrogen-bond acceptors (Lipinski definition) is 5. The number of para-hydroxylation sites is 1. The Morgan fingerprint density at radius 3 is 2.74 bits per heavy atom. The first kappa shape index (κ1) is 18.9. The SMILES string of the molecule is COc1ccc2c(c1)OC[C@@H](C(=O)NCCc1cccc(OC)c1OC)C2. The fourth-order valence-electron chi connectivity index (χ4n) is 3.26. The van der Waals surface area contributed by atoms with Crippen molar-refractivity contribution in [1.82, 2.24) is 5.32 Å². The fraction of sp³-hybridized carbons (Fsp3) is 0.381. The highest BCUT2D eigenvalue weighted by molar-refractivity contribution is 5.79. The minimum atomic E-state index is -0.196. The van der Waals surface area contributed by atoms with Crippen LogP contribution < -0.4 is 24.3 Å². The molecular formula is C21H25NO5. The lowest BCUT2D eigenvalue weighted by Gasteiger charge is -2.25. The van der Waals surface area contributed by atoms with E-state index in [1.807, 2.05) is 36.4 Å². The van der Waals surface area contributed by atoms with Gasteiger partial charge in [0.05, 0.1) is 27.2 Å². The molecule has 0 aromatic heterocycles. The maximum absolute atomic E-state index is 12.5. The molecule has 0 radical (unpaired) electrons. The van der Waals surface area contributed by atoms with E-state index in [9.17, 15) is 4.79 Å². The molecule has 6 nitrogen and oxygen atoms in total. The zero-order valence-electron chi connectivity index (χ0n) is 15.9. The summed E-state index contributed by atoms with van der Waals surface area (Å²) in [5.74, 6) is 2.74. The Bertz CT molecular complexity index is 805. The summed E-state index contributed by atoms with van der Waals surface area (Å²) >= 11 is 0. The van der Waals surface area contributed by atoms with Gasteiger partial charge < -0.3 is 24.3 Å². The van der Waals surface area contributed by atoms with Crippen molar-refractivity contribution >= 4 is 5.91 Å². The highest BCUT2D eigenvalue weighted by Gasteiger charge is 2.26. The second kappa shape index (κ2) is 8.66. The zero-order chi connectivity index (χ0) is 19.2. The largest absolute Gasteiger partial charge is 0.497 e. The third-order valence-corrected chi connectivity index (χ3v) is 4.73. The number of ether oxygens (including phenoxy) is 4. The fourth-order valence-corrected chi connectivity index (χ4v) is 3.26. The Morgan fingerprint density at radius 1 is 1.15 bits per heavy atom. The molecule has 27 heavy (non-hydrogen) atoms. The van der Waals surface area contributed by atoms with Gasteiger partial charge in [0.1, 0.15) is 18.1 Å². The van der Waals surface area contributed by atoms with Crippen LogP contribution in [0.2, 0.25) is 0 Å². The van der Waals surface area contributed by atoms with Gasteiger partial charge in [-0.3, -0.25) is 4.79 Å². The molecular weight excluding hydrogens is 346 g/mol. The Labute approximate surface area is 159 Å². The van der Waals surface area contributed by atoms with Gasteiger partial charge in [-0.2, -0.15) is 0 Å². The van der Waals surface area contributed by atoms with Gasteiger partial charge in [-0.25, -0.2) is 0 Å². The van der Waals surface area contributed by atoms with Crippen LogP contribution in [0.4, 0.5) is 0 Å².